The summed E-state index contributed by atoms with van der Waals surface area (Å²) in [6, 6.07) is 10.0. The summed E-state index contributed by atoms with van der Waals surface area (Å²) in [5, 5.41) is 4.51. The fourth-order valence-electron chi connectivity index (χ4n) is 2.60. The number of carbonyl (C=O) groups excluding carboxylic acids is 1. The Bertz CT molecular complexity index is 842. The lowest BCUT2D eigenvalue weighted by Crippen LogP contribution is -2.18. The number of sulfonamides is 1. The monoisotopic (exact) mass is 362 g/mol. The number of para-hydroxylation sites is 2. The molecule has 2 aromatic rings. The number of rotatable bonds is 6. The number of allylic oxidation sites excluding steroid dienone is 2. The van der Waals surface area contributed by atoms with Crippen LogP contribution in [0.4, 0.5) is 11.4 Å². The second kappa shape index (κ2) is 7.19. The first-order valence-corrected chi connectivity index (χ1v) is 10.0. The van der Waals surface area contributed by atoms with Crippen LogP contribution < -0.4 is 10.0 Å². The fourth-order valence-corrected chi connectivity index (χ4v) is 4.67. The summed E-state index contributed by atoms with van der Waals surface area (Å²) >= 11 is 1.14. The molecule has 126 valence electrons. The number of benzene rings is 1. The van der Waals surface area contributed by atoms with Gasteiger partial charge in [-0.2, -0.15) is 0 Å². The van der Waals surface area contributed by atoms with E-state index in [2.05, 4.69) is 22.2 Å². The number of thiophene rings is 1. The molecule has 1 amide bonds. The summed E-state index contributed by atoms with van der Waals surface area (Å²) in [4.78, 5) is 12.2. The van der Waals surface area contributed by atoms with Gasteiger partial charge in [0.15, 0.2) is 0 Å². The quantitative estimate of drug-likeness (QED) is 0.767. The summed E-state index contributed by atoms with van der Waals surface area (Å²) in [6.07, 6.45) is 6.55. The maximum atomic E-state index is 12.4. The zero-order valence-electron chi connectivity index (χ0n) is 12.9. The van der Waals surface area contributed by atoms with Crippen LogP contribution in [0.3, 0.4) is 0 Å². The Morgan fingerprint density at radius 1 is 1.17 bits per heavy atom. The van der Waals surface area contributed by atoms with Gasteiger partial charge in [0.25, 0.3) is 10.0 Å². The van der Waals surface area contributed by atoms with E-state index in [9.17, 15) is 13.2 Å². The van der Waals surface area contributed by atoms with Crippen molar-refractivity contribution in [1.29, 1.82) is 0 Å². The predicted octanol–water partition coefficient (Wildman–Crippen LogP) is 3.84. The Kier molecular flexibility index (Phi) is 5.01. The minimum atomic E-state index is -3.64. The van der Waals surface area contributed by atoms with Crippen molar-refractivity contribution in [3.05, 3.63) is 53.9 Å². The van der Waals surface area contributed by atoms with E-state index < -0.39 is 10.0 Å². The van der Waals surface area contributed by atoms with Gasteiger partial charge in [0.2, 0.25) is 5.91 Å². The van der Waals surface area contributed by atoms with Gasteiger partial charge in [-0.25, -0.2) is 8.42 Å². The number of hydrogen-bond donors (Lipinski definition) is 2. The lowest BCUT2D eigenvalue weighted by Gasteiger charge is -2.14. The van der Waals surface area contributed by atoms with E-state index in [1.807, 2.05) is 0 Å². The van der Waals surface area contributed by atoms with Crippen LogP contribution >= 0.6 is 11.3 Å². The summed E-state index contributed by atoms with van der Waals surface area (Å²) in [6.45, 7) is 0. The van der Waals surface area contributed by atoms with E-state index in [-0.39, 0.29) is 16.0 Å². The molecule has 1 atom stereocenters. The average Bonchev–Trinajstić information content (AvgIpc) is 3.22. The number of anilines is 2. The van der Waals surface area contributed by atoms with Crippen LogP contribution in [0.2, 0.25) is 0 Å². The van der Waals surface area contributed by atoms with Crippen LogP contribution in [0.25, 0.3) is 0 Å². The molecular weight excluding hydrogens is 344 g/mol. The fraction of sp³-hybridized carbons (Fsp3) is 0.235. The molecule has 1 aliphatic rings. The number of hydrogen-bond acceptors (Lipinski definition) is 4. The van der Waals surface area contributed by atoms with Crippen molar-refractivity contribution in [3.8, 4) is 0 Å². The molecule has 0 aliphatic heterocycles. The van der Waals surface area contributed by atoms with Gasteiger partial charge in [-0.05, 0) is 42.3 Å². The summed E-state index contributed by atoms with van der Waals surface area (Å²) in [5.41, 5.74) is 0.825. The molecule has 0 saturated heterocycles. The summed E-state index contributed by atoms with van der Waals surface area (Å²) < 4.78 is 27.5. The first kappa shape index (κ1) is 16.7. The molecule has 0 radical (unpaired) electrons. The highest BCUT2D eigenvalue weighted by Gasteiger charge is 2.19. The van der Waals surface area contributed by atoms with Crippen LogP contribution in [0.5, 0.6) is 0 Å². The zero-order valence-corrected chi connectivity index (χ0v) is 14.6. The first-order valence-electron chi connectivity index (χ1n) is 7.66. The Hall–Kier alpha value is -2.12. The maximum absolute atomic E-state index is 12.4. The molecule has 3 rings (SSSR count). The second-order valence-electron chi connectivity index (χ2n) is 5.60. The van der Waals surface area contributed by atoms with Crippen LogP contribution in [0, 0.1) is 5.92 Å². The van der Waals surface area contributed by atoms with E-state index in [1.54, 1.807) is 41.8 Å². The average molecular weight is 362 g/mol. The van der Waals surface area contributed by atoms with Crippen molar-refractivity contribution in [2.75, 3.05) is 10.0 Å². The Labute approximate surface area is 145 Å². The van der Waals surface area contributed by atoms with Gasteiger partial charge in [-0.15, -0.1) is 11.3 Å². The molecule has 0 bridgehead atoms. The summed E-state index contributed by atoms with van der Waals surface area (Å²) in [5.74, 6) is 0.147. The highest BCUT2D eigenvalue weighted by Crippen LogP contribution is 2.27. The Morgan fingerprint density at radius 3 is 2.62 bits per heavy atom. The van der Waals surface area contributed by atoms with Gasteiger partial charge < -0.3 is 5.32 Å². The predicted molar refractivity (Wildman–Crippen MR) is 96.7 cm³/mol. The molecule has 0 spiro atoms. The van der Waals surface area contributed by atoms with Crippen molar-refractivity contribution in [2.24, 2.45) is 5.92 Å². The van der Waals surface area contributed by atoms with E-state index in [4.69, 9.17) is 0 Å². The lowest BCUT2D eigenvalue weighted by atomic mass is 10.1. The smallest absolute Gasteiger partial charge is 0.271 e. The highest BCUT2D eigenvalue weighted by molar-refractivity contribution is 7.94. The third-order valence-electron chi connectivity index (χ3n) is 3.77. The number of nitrogens with one attached hydrogen (secondary N) is 2. The lowest BCUT2D eigenvalue weighted by molar-refractivity contribution is -0.116. The number of carbonyl (C=O) groups is 1. The molecule has 7 heteroatoms. The molecule has 2 N–H and O–H groups in total. The third-order valence-corrected chi connectivity index (χ3v) is 6.53. The SMILES string of the molecule is O=C(C[C@H]1C=CCC1)Nc1ccccc1NS(=O)(=O)c1cccs1. The number of amides is 1. The van der Waals surface area contributed by atoms with Crippen LogP contribution in [-0.2, 0) is 14.8 Å². The van der Waals surface area contributed by atoms with Crippen molar-refractivity contribution in [1.82, 2.24) is 0 Å². The van der Waals surface area contributed by atoms with Gasteiger partial charge in [-0.1, -0.05) is 30.4 Å². The van der Waals surface area contributed by atoms with Crippen molar-refractivity contribution in [3.63, 3.8) is 0 Å². The molecule has 1 aromatic heterocycles. The van der Waals surface area contributed by atoms with Gasteiger partial charge >= 0.3 is 0 Å². The van der Waals surface area contributed by atoms with Gasteiger partial charge in [0.1, 0.15) is 4.21 Å². The minimum absolute atomic E-state index is 0.116. The molecule has 0 fully saturated rings. The molecule has 1 heterocycles. The molecule has 1 aliphatic carbocycles. The second-order valence-corrected chi connectivity index (χ2v) is 8.46. The molecule has 0 unspecified atom stereocenters. The largest absolute Gasteiger partial charge is 0.324 e. The molecule has 1 aromatic carbocycles. The third kappa shape index (κ3) is 4.04. The van der Waals surface area contributed by atoms with E-state index >= 15 is 0 Å². The first-order chi connectivity index (χ1) is 11.5. The van der Waals surface area contributed by atoms with E-state index in [0.717, 1.165) is 24.2 Å². The zero-order chi connectivity index (χ0) is 17.0. The van der Waals surface area contributed by atoms with Gasteiger partial charge in [0.05, 0.1) is 11.4 Å². The van der Waals surface area contributed by atoms with Crippen molar-refractivity contribution < 1.29 is 13.2 Å². The van der Waals surface area contributed by atoms with Gasteiger partial charge in [-0.3, -0.25) is 9.52 Å². The topological polar surface area (TPSA) is 75.3 Å². The van der Waals surface area contributed by atoms with Crippen LogP contribution in [0.15, 0.2) is 58.1 Å². The van der Waals surface area contributed by atoms with E-state index in [0.29, 0.717) is 17.8 Å². The standard InChI is InChI=1S/C17H18N2O3S2/c20-16(12-13-6-1-2-7-13)18-14-8-3-4-9-15(14)19-24(21,22)17-10-5-11-23-17/h1,3-6,8-11,13,19H,2,7,12H2,(H,18,20)/t13-/m0/s1. The van der Waals surface area contributed by atoms with Crippen molar-refractivity contribution in [2.45, 2.75) is 23.5 Å². The normalized spacial score (nSPS) is 16.9. The molecular formula is C17H18N2O3S2. The molecule has 24 heavy (non-hydrogen) atoms. The van der Waals surface area contributed by atoms with Crippen LogP contribution in [0.1, 0.15) is 19.3 Å². The molecule has 0 saturated carbocycles. The van der Waals surface area contributed by atoms with Crippen molar-refractivity contribution >= 4 is 38.6 Å². The molecule has 5 nitrogen and oxygen atoms in total. The Morgan fingerprint density at radius 2 is 1.96 bits per heavy atom. The Balaban J connectivity index is 1.73. The van der Waals surface area contributed by atoms with Crippen LogP contribution in [-0.4, -0.2) is 14.3 Å². The maximum Gasteiger partial charge on any atom is 0.271 e. The van der Waals surface area contributed by atoms with E-state index in [1.165, 1.54) is 0 Å². The highest BCUT2D eigenvalue weighted by atomic mass is 32.2. The van der Waals surface area contributed by atoms with Gasteiger partial charge in [0, 0.05) is 6.42 Å². The summed E-state index contributed by atoms with van der Waals surface area (Å²) in [7, 11) is -3.64. The minimum Gasteiger partial charge on any atom is -0.324 e.